The molecular formula is C19H14F3NO3. The predicted octanol–water partition coefficient (Wildman–Crippen LogP) is 4.63. The first-order chi connectivity index (χ1) is 12.3. The molecule has 0 saturated carbocycles. The van der Waals surface area contributed by atoms with Gasteiger partial charge in [0.05, 0.1) is 11.5 Å². The summed E-state index contributed by atoms with van der Waals surface area (Å²) in [5.74, 6) is -3.03. The third-order valence-electron chi connectivity index (χ3n) is 4.20. The molecule has 1 atom stereocenters. The van der Waals surface area contributed by atoms with Gasteiger partial charge in [0, 0.05) is 29.1 Å². The summed E-state index contributed by atoms with van der Waals surface area (Å²) in [6.45, 7) is 0. The number of aromatic amines is 1. The van der Waals surface area contributed by atoms with Gasteiger partial charge in [0.2, 0.25) is 0 Å². The van der Waals surface area contributed by atoms with Crippen LogP contribution in [-0.2, 0) is 11.0 Å². The first-order valence-electron chi connectivity index (χ1n) is 7.76. The van der Waals surface area contributed by atoms with Crippen molar-refractivity contribution in [2.45, 2.75) is 18.5 Å². The Balaban J connectivity index is 1.92. The molecular weight excluding hydrogens is 347 g/mol. The third kappa shape index (κ3) is 3.46. The van der Waals surface area contributed by atoms with Crippen molar-refractivity contribution in [3.05, 3.63) is 71.4 Å². The normalized spacial score (nSPS) is 12.9. The highest BCUT2D eigenvalue weighted by atomic mass is 19.4. The van der Waals surface area contributed by atoms with Gasteiger partial charge in [-0.05, 0) is 23.8 Å². The second-order valence-corrected chi connectivity index (χ2v) is 5.89. The second-order valence-electron chi connectivity index (χ2n) is 5.89. The molecule has 2 N–H and O–H groups in total. The molecule has 1 unspecified atom stereocenters. The van der Waals surface area contributed by atoms with Crippen molar-refractivity contribution in [2.75, 3.05) is 0 Å². The maximum Gasteiger partial charge on any atom is 0.416 e. The minimum absolute atomic E-state index is 0.161. The van der Waals surface area contributed by atoms with Gasteiger partial charge in [-0.2, -0.15) is 13.2 Å². The number of carboxylic acid groups (broad SMARTS) is 1. The summed E-state index contributed by atoms with van der Waals surface area (Å²) in [5, 5.41) is 10.2. The van der Waals surface area contributed by atoms with E-state index in [1.54, 1.807) is 24.3 Å². The second kappa shape index (κ2) is 6.67. The quantitative estimate of drug-likeness (QED) is 0.651. The van der Waals surface area contributed by atoms with Crippen molar-refractivity contribution >= 4 is 22.7 Å². The van der Waals surface area contributed by atoms with E-state index in [0.29, 0.717) is 10.9 Å². The number of H-pyrrole nitrogens is 1. The standard InChI is InChI=1S/C19H14F3NO3/c20-19(21,22)12-5-3-4-11(8-12)17(24)9-14(18(25)26)15-10-23-16-7-2-1-6-13(15)16/h1-8,10,14,23H,9H2,(H,25,26). The Morgan fingerprint density at radius 1 is 1.08 bits per heavy atom. The van der Waals surface area contributed by atoms with Crippen molar-refractivity contribution < 1.29 is 27.9 Å². The van der Waals surface area contributed by atoms with E-state index in [0.717, 1.165) is 23.7 Å². The molecule has 1 aromatic heterocycles. The van der Waals surface area contributed by atoms with Crippen LogP contribution in [0.1, 0.15) is 33.8 Å². The van der Waals surface area contributed by atoms with Crippen LogP contribution in [0.25, 0.3) is 10.9 Å². The van der Waals surface area contributed by atoms with E-state index in [4.69, 9.17) is 0 Å². The van der Waals surface area contributed by atoms with Crippen LogP contribution in [0.15, 0.2) is 54.7 Å². The van der Waals surface area contributed by atoms with Gasteiger partial charge in [-0.1, -0.05) is 30.3 Å². The van der Waals surface area contributed by atoms with Crippen LogP contribution in [-0.4, -0.2) is 21.8 Å². The molecule has 0 aliphatic carbocycles. The summed E-state index contributed by atoms with van der Waals surface area (Å²) in [5.41, 5.74) is 0.0435. The number of carboxylic acids is 1. The van der Waals surface area contributed by atoms with Crippen molar-refractivity contribution in [2.24, 2.45) is 0 Å². The number of fused-ring (bicyclic) bond motifs is 1. The zero-order valence-corrected chi connectivity index (χ0v) is 13.4. The van der Waals surface area contributed by atoms with Crippen LogP contribution in [0.5, 0.6) is 0 Å². The van der Waals surface area contributed by atoms with Crippen LogP contribution in [0.2, 0.25) is 0 Å². The topological polar surface area (TPSA) is 70.2 Å². The van der Waals surface area contributed by atoms with Gasteiger partial charge >= 0.3 is 12.1 Å². The number of aliphatic carboxylic acids is 1. The number of Topliss-reactive ketones (excluding diaryl/α,β-unsaturated/α-hetero) is 1. The number of halogens is 3. The van der Waals surface area contributed by atoms with Gasteiger partial charge in [0.1, 0.15) is 0 Å². The Bertz CT molecular complexity index is 975. The minimum atomic E-state index is -4.57. The Morgan fingerprint density at radius 2 is 1.81 bits per heavy atom. The van der Waals surface area contributed by atoms with E-state index >= 15 is 0 Å². The largest absolute Gasteiger partial charge is 0.481 e. The van der Waals surface area contributed by atoms with Crippen LogP contribution in [0.3, 0.4) is 0 Å². The number of aromatic nitrogens is 1. The fourth-order valence-corrected chi connectivity index (χ4v) is 2.88. The summed E-state index contributed by atoms with van der Waals surface area (Å²) in [6, 6.07) is 11.0. The summed E-state index contributed by atoms with van der Waals surface area (Å²) in [4.78, 5) is 27.1. The summed E-state index contributed by atoms with van der Waals surface area (Å²) < 4.78 is 38.4. The maximum atomic E-state index is 12.8. The highest BCUT2D eigenvalue weighted by Gasteiger charge is 2.32. The number of carbonyl (C=O) groups is 2. The first-order valence-corrected chi connectivity index (χ1v) is 7.76. The summed E-state index contributed by atoms with van der Waals surface area (Å²) >= 11 is 0. The SMILES string of the molecule is O=C(CC(C(=O)O)c1c[nH]c2ccccc12)c1cccc(C(F)(F)F)c1. The van der Waals surface area contributed by atoms with Crippen molar-refractivity contribution in [1.29, 1.82) is 0 Å². The number of hydrogen-bond acceptors (Lipinski definition) is 2. The van der Waals surface area contributed by atoms with Gasteiger partial charge < -0.3 is 10.1 Å². The molecule has 134 valence electrons. The fourth-order valence-electron chi connectivity index (χ4n) is 2.88. The molecule has 2 aromatic carbocycles. The number of nitrogens with one attached hydrogen (secondary N) is 1. The third-order valence-corrected chi connectivity index (χ3v) is 4.20. The van der Waals surface area contributed by atoms with Gasteiger partial charge in [0.15, 0.2) is 5.78 Å². The first kappa shape index (κ1) is 17.7. The number of alkyl halides is 3. The lowest BCUT2D eigenvalue weighted by Crippen LogP contribution is -2.16. The van der Waals surface area contributed by atoms with Crippen LogP contribution in [0, 0.1) is 0 Å². The Hall–Kier alpha value is -3.09. The van der Waals surface area contributed by atoms with E-state index < -0.39 is 35.8 Å². The molecule has 0 spiro atoms. The predicted molar refractivity (Wildman–Crippen MR) is 89.1 cm³/mol. The number of benzene rings is 2. The molecule has 1 heterocycles. The smallest absolute Gasteiger partial charge is 0.416 e. The Morgan fingerprint density at radius 3 is 2.50 bits per heavy atom. The van der Waals surface area contributed by atoms with Gasteiger partial charge in [-0.3, -0.25) is 9.59 Å². The number of para-hydroxylation sites is 1. The highest BCUT2D eigenvalue weighted by molar-refractivity contribution is 6.00. The van der Waals surface area contributed by atoms with Crippen LogP contribution in [0.4, 0.5) is 13.2 Å². The molecule has 3 aromatic rings. The van der Waals surface area contributed by atoms with Gasteiger partial charge in [-0.15, -0.1) is 0 Å². The van der Waals surface area contributed by atoms with Gasteiger partial charge in [-0.25, -0.2) is 0 Å². The maximum absolute atomic E-state index is 12.8. The lowest BCUT2D eigenvalue weighted by molar-refractivity contribution is -0.139. The van der Waals surface area contributed by atoms with Crippen LogP contribution < -0.4 is 0 Å². The number of ketones is 1. The van der Waals surface area contributed by atoms with Crippen molar-refractivity contribution in [3.8, 4) is 0 Å². The van der Waals surface area contributed by atoms with Crippen LogP contribution >= 0.6 is 0 Å². The molecule has 26 heavy (non-hydrogen) atoms. The monoisotopic (exact) mass is 361 g/mol. The van der Waals surface area contributed by atoms with E-state index in [1.165, 1.54) is 12.3 Å². The molecule has 0 bridgehead atoms. The lowest BCUT2D eigenvalue weighted by Gasteiger charge is -2.12. The van der Waals surface area contributed by atoms with Crippen molar-refractivity contribution in [1.82, 2.24) is 4.98 Å². The number of rotatable bonds is 5. The molecule has 0 aliphatic rings. The summed E-state index contributed by atoms with van der Waals surface area (Å²) in [6.07, 6.45) is -3.49. The van der Waals surface area contributed by atoms with Crippen molar-refractivity contribution in [3.63, 3.8) is 0 Å². The molecule has 4 nitrogen and oxygen atoms in total. The fraction of sp³-hybridized carbons (Fsp3) is 0.158. The molecule has 3 rings (SSSR count). The Kier molecular flexibility index (Phi) is 4.54. The number of carbonyl (C=O) groups excluding carboxylic acids is 1. The molecule has 0 fully saturated rings. The molecule has 7 heteroatoms. The summed E-state index contributed by atoms with van der Waals surface area (Å²) in [7, 11) is 0. The highest BCUT2D eigenvalue weighted by Crippen LogP contribution is 2.32. The van der Waals surface area contributed by atoms with E-state index in [2.05, 4.69) is 4.98 Å². The van der Waals surface area contributed by atoms with E-state index in [9.17, 15) is 27.9 Å². The average Bonchev–Trinajstić information content (AvgIpc) is 3.02. The van der Waals surface area contributed by atoms with E-state index in [-0.39, 0.29) is 5.56 Å². The zero-order chi connectivity index (χ0) is 18.9. The molecule has 0 radical (unpaired) electrons. The number of hydrogen-bond donors (Lipinski definition) is 2. The minimum Gasteiger partial charge on any atom is -0.481 e. The van der Waals surface area contributed by atoms with Gasteiger partial charge in [0.25, 0.3) is 0 Å². The average molecular weight is 361 g/mol. The Labute approximate surface area is 146 Å². The zero-order valence-electron chi connectivity index (χ0n) is 13.4. The van der Waals surface area contributed by atoms with E-state index in [1.807, 2.05) is 0 Å². The molecule has 0 amide bonds. The molecule has 0 aliphatic heterocycles. The lowest BCUT2D eigenvalue weighted by atomic mass is 9.91. The molecule has 0 saturated heterocycles.